The zero-order valence-corrected chi connectivity index (χ0v) is 13.4. The lowest BCUT2D eigenvalue weighted by molar-refractivity contribution is -0.119. The summed E-state index contributed by atoms with van der Waals surface area (Å²) in [5, 5.41) is 11.9. The maximum Gasteiger partial charge on any atom is 0.241 e. The van der Waals surface area contributed by atoms with Gasteiger partial charge in [-0.3, -0.25) is 4.79 Å². The van der Waals surface area contributed by atoms with Crippen LogP contribution in [0.3, 0.4) is 0 Å². The van der Waals surface area contributed by atoms with Gasteiger partial charge in [0.25, 0.3) is 0 Å². The number of nitrogens with one attached hydrogen (secondary N) is 1. The first kappa shape index (κ1) is 17.5. The zero-order chi connectivity index (χ0) is 16.0. The highest BCUT2D eigenvalue weighted by molar-refractivity contribution is 5.95. The minimum Gasteiger partial charge on any atom is -0.395 e. The van der Waals surface area contributed by atoms with Gasteiger partial charge in [-0.1, -0.05) is 20.8 Å². The second-order valence-electron chi connectivity index (χ2n) is 6.18. The van der Waals surface area contributed by atoms with Crippen molar-refractivity contribution in [2.75, 3.05) is 29.9 Å². The summed E-state index contributed by atoms with van der Waals surface area (Å²) in [5.41, 5.74) is 7.40. The van der Waals surface area contributed by atoms with E-state index in [2.05, 4.69) is 10.2 Å². The lowest BCUT2D eigenvalue weighted by Crippen LogP contribution is -2.45. The second kappa shape index (κ2) is 7.43. The van der Waals surface area contributed by atoms with Gasteiger partial charge in [0.15, 0.2) is 0 Å². The number of likely N-dealkylation sites (N-methyl/N-ethyl adjacent to an activating group) is 1. The Labute approximate surface area is 127 Å². The van der Waals surface area contributed by atoms with E-state index in [1.165, 1.54) is 0 Å². The molecule has 1 rings (SSSR count). The first-order valence-electron chi connectivity index (χ1n) is 7.32. The molecule has 0 saturated heterocycles. The number of hydrogen-bond donors (Lipinski definition) is 3. The third-order valence-corrected chi connectivity index (χ3v) is 3.47. The Bertz CT molecular complexity index is 452. The van der Waals surface area contributed by atoms with Gasteiger partial charge in [-0.25, -0.2) is 0 Å². The van der Waals surface area contributed by atoms with E-state index < -0.39 is 6.04 Å². The van der Waals surface area contributed by atoms with E-state index in [9.17, 15) is 4.79 Å². The van der Waals surface area contributed by atoms with Crippen LogP contribution in [0, 0.1) is 5.41 Å². The monoisotopic (exact) mass is 293 g/mol. The predicted molar refractivity (Wildman–Crippen MR) is 87.5 cm³/mol. The number of rotatable bonds is 6. The molecular weight excluding hydrogens is 266 g/mol. The van der Waals surface area contributed by atoms with Crippen LogP contribution in [-0.4, -0.2) is 36.8 Å². The molecule has 0 aliphatic heterocycles. The highest BCUT2D eigenvalue weighted by atomic mass is 16.3. The molecule has 0 fully saturated rings. The van der Waals surface area contributed by atoms with Crippen LogP contribution in [0.5, 0.6) is 0 Å². The van der Waals surface area contributed by atoms with Crippen LogP contribution in [0.4, 0.5) is 11.4 Å². The van der Waals surface area contributed by atoms with Crippen molar-refractivity contribution < 1.29 is 9.90 Å². The fourth-order valence-corrected chi connectivity index (χ4v) is 1.96. The van der Waals surface area contributed by atoms with Crippen molar-refractivity contribution in [3.8, 4) is 0 Å². The number of aliphatic hydroxyl groups is 1. The minimum absolute atomic E-state index is 0.118. The van der Waals surface area contributed by atoms with E-state index in [-0.39, 0.29) is 17.9 Å². The van der Waals surface area contributed by atoms with Crippen LogP contribution in [0.15, 0.2) is 24.3 Å². The minimum atomic E-state index is -0.557. The van der Waals surface area contributed by atoms with E-state index in [0.717, 1.165) is 17.9 Å². The van der Waals surface area contributed by atoms with E-state index in [1.807, 2.05) is 52.0 Å². The fourth-order valence-electron chi connectivity index (χ4n) is 1.96. The molecular formula is C16H27N3O2. The van der Waals surface area contributed by atoms with Crippen molar-refractivity contribution in [2.24, 2.45) is 11.1 Å². The molecule has 21 heavy (non-hydrogen) atoms. The molecule has 0 bridgehead atoms. The molecule has 1 amide bonds. The van der Waals surface area contributed by atoms with Gasteiger partial charge in [-0.2, -0.15) is 0 Å². The standard InChI is InChI=1S/C16H27N3O2/c1-5-19(10-11-20)13-8-6-12(7-9-13)18-15(21)14(17)16(2,3)4/h6-9,14,20H,5,10-11,17H2,1-4H3,(H,18,21). The first-order valence-corrected chi connectivity index (χ1v) is 7.32. The van der Waals surface area contributed by atoms with Crippen LogP contribution >= 0.6 is 0 Å². The van der Waals surface area contributed by atoms with Crippen molar-refractivity contribution >= 4 is 17.3 Å². The molecule has 1 atom stereocenters. The number of carbonyl (C=O) groups excluding carboxylic acids is 1. The molecule has 0 radical (unpaired) electrons. The molecule has 5 heteroatoms. The molecule has 0 aliphatic rings. The summed E-state index contributed by atoms with van der Waals surface area (Å²) >= 11 is 0. The average Bonchev–Trinajstić information content (AvgIpc) is 2.44. The zero-order valence-electron chi connectivity index (χ0n) is 13.4. The molecule has 1 aromatic carbocycles. The molecule has 0 heterocycles. The molecule has 0 aromatic heterocycles. The number of nitrogens with two attached hydrogens (primary N) is 1. The number of benzene rings is 1. The summed E-state index contributed by atoms with van der Waals surface area (Å²) < 4.78 is 0. The molecule has 118 valence electrons. The summed E-state index contributed by atoms with van der Waals surface area (Å²) in [6.45, 7) is 9.38. The van der Waals surface area contributed by atoms with E-state index in [0.29, 0.717) is 6.54 Å². The second-order valence-corrected chi connectivity index (χ2v) is 6.18. The Morgan fingerprint density at radius 3 is 2.33 bits per heavy atom. The highest BCUT2D eigenvalue weighted by Crippen LogP contribution is 2.21. The molecule has 1 aromatic rings. The number of carbonyl (C=O) groups is 1. The van der Waals surface area contributed by atoms with E-state index >= 15 is 0 Å². The summed E-state index contributed by atoms with van der Waals surface area (Å²) in [5.74, 6) is -0.182. The van der Waals surface area contributed by atoms with E-state index in [4.69, 9.17) is 10.8 Å². The smallest absolute Gasteiger partial charge is 0.241 e. The van der Waals surface area contributed by atoms with Crippen molar-refractivity contribution in [1.29, 1.82) is 0 Å². The Morgan fingerprint density at radius 1 is 1.33 bits per heavy atom. The van der Waals surface area contributed by atoms with Crippen LogP contribution in [0.2, 0.25) is 0 Å². The Kier molecular flexibility index (Phi) is 6.18. The first-order chi connectivity index (χ1) is 9.79. The van der Waals surface area contributed by atoms with Gasteiger partial charge < -0.3 is 21.1 Å². The van der Waals surface area contributed by atoms with Crippen molar-refractivity contribution in [3.63, 3.8) is 0 Å². The summed E-state index contributed by atoms with van der Waals surface area (Å²) in [4.78, 5) is 14.1. The van der Waals surface area contributed by atoms with Crippen molar-refractivity contribution in [3.05, 3.63) is 24.3 Å². The average molecular weight is 293 g/mol. The summed E-state index contributed by atoms with van der Waals surface area (Å²) in [6, 6.07) is 7.00. The molecule has 0 aliphatic carbocycles. The Hall–Kier alpha value is -1.59. The lowest BCUT2D eigenvalue weighted by Gasteiger charge is -2.26. The number of aliphatic hydroxyl groups excluding tert-OH is 1. The van der Waals surface area contributed by atoms with Gasteiger partial charge in [0.1, 0.15) is 0 Å². The molecule has 1 unspecified atom stereocenters. The molecule has 5 nitrogen and oxygen atoms in total. The number of hydrogen-bond acceptors (Lipinski definition) is 4. The van der Waals surface area contributed by atoms with Gasteiger partial charge in [-0.15, -0.1) is 0 Å². The Morgan fingerprint density at radius 2 is 1.90 bits per heavy atom. The van der Waals surface area contributed by atoms with Crippen LogP contribution in [-0.2, 0) is 4.79 Å². The normalized spacial score (nSPS) is 12.9. The molecule has 0 saturated carbocycles. The summed E-state index contributed by atoms with van der Waals surface area (Å²) in [7, 11) is 0. The lowest BCUT2D eigenvalue weighted by atomic mass is 9.87. The van der Waals surface area contributed by atoms with Crippen LogP contribution < -0.4 is 16.0 Å². The van der Waals surface area contributed by atoms with Gasteiger partial charge in [-0.05, 0) is 36.6 Å². The summed E-state index contributed by atoms with van der Waals surface area (Å²) in [6.07, 6.45) is 0. The maximum absolute atomic E-state index is 12.1. The topological polar surface area (TPSA) is 78.6 Å². The van der Waals surface area contributed by atoms with Crippen LogP contribution in [0.1, 0.15) is 27.7 Å². The number of anilines is 2. The molecule has 4 N–H and O–H groups in total. The van der Waals surface area contributed by atoms with Crippen molar-refractivity contribution in [2.45, 2.75) is 33.7 Å². The SMILES string of the molecule is CCN(CCO)c1ccc(NC(=O)C(N)C(C)(C)C)cc1. The largest absolute Gasteiger partial charge is 0.395 e. The third kappa shape index (κ3) is 5.02. The van der Waals surface area contributed by atoms with Gasteiger partial charge in [0, 0.05) is 24.5 Å². The van der Waals surface area contributed by atoms with Gasteiger partial charge in [0.2, 0.25) is 5.91 Å². The van der Waals surface area contributed by atoms with Gasteiger partial charge in [0.05, 0.1) is 12.6 Å². The van der Waals surface area contributed by atoms with Crippen molar-refractivity contribution in [1.82, 2.24) is 0 Å². The third-order valence-electron chi connectivity index (χ3n) is 3.47. The predicted octanol–water partition coefficient (Wildman–Crippen LogP) is 1.82. The fraction of sp³-hybridized carbons (Fsp3) is 0.562. The number of nitrogens with zero attached hydrogens (tertiary/aromatic N) is 1. The Balaban J connectivity index is 2.73. The van der Waals surface area contributed by atoms with Gasteiger partial charge >= 0.3 is 0 Å². The maximum atomic E-state index is 12.1. The quantitative estimate of drug-likeness (QED) is 0.747. The van der Waals surface area contributed by atoms with Crippen LogP contribution in [0.25, 0.3) is 0 Å². The highest BCUT2D eigenvalue weighted by Gasteiger charge is 2.27. The molecule has 0 spiro atoms. The number of amides is 1. The van der Waals surface area contributed by atoms with E-state index in [1.54, 1.807) is 0 Å².